The predicted molar refractivity (Wildman–Crippen MR) is 96.2 cm³/mol. The van der Waals surface area contributed by atoms with Gasteiger partial charge in [-0.05, 0) is 36.9 Å². The number of piperazine rings is 1. The van der Waals surface area contributed by atoms with Crippen LogP contribution in [0.15, 0.2) is 0 Å². The highest BCUT2D eigenvalue weighted by Gasteiger charge is 2.32. The normalized spacial score (nSPS) is 29.1. The molecular formula is C18H36N2S. The van der Waals surface area contributed by atoms with E-state index in [2.05, 4.69) is 42.7 Å². The van der Waals surface area contributed by atoms with Crippen LogP contribution in [-0.2, 0) is 0 Å². The third kappa shape index (κ3) is 5.76. The molecule has 0 bridgehead atoms. The van der Waals surface area contributed by atoms with Crippen LogP contribution in [-0.4, -0.2) is 48.1 Å². The molecular weight excluding hydrogens is 276 g/mol. The number of nitrogens with zero attached hydrogens (tertiary/aromatic N) is 1. The molecule has 1 saturated heterocycles. The molecule has 2 atom stereocenters. The van der Waals surface area contributed by atoms with Crippen molar-refractivity contribution in [1.82, 2.24) is 10.2 Å². The van der Waals surface area contributed by atoms with E-state index in [4.69, 9.17) is 0 Å². The second-order valence-corrected chi connectivity index (χ2v) is 8.78. The van der Waals surface area contributed by atoms with Crippen molar-refractivity contribution < 1.29 is 0 Å². The molecule has 1 aliphatic heterocycles. The van der Waals surface area contributed by atoms with E-state index in [1.807, 2.05) is 0 Å². The van der Waals surface area contributed by atoms with Gasteiger partial charge >= 0.3 is 0 Å². The summed E-state index contributed by atoms with van der Waals surface area (Å²) in [6.07, 6.45) is 8.67. The number of hydrogen-bond acceptors (Lipinski definition) is 3. The van der Waals surface area contributed by atoms with Gasteiger partial charge in [0.2, 0.25) is 0 Å². The number of thioether (sulfide) groups is 1. The minimum atomic E-state index is 0.764. The SMILES string of the molecule is CCSCCN1CC(C2CCCCC2)NCC1CC(C)C. The van der Waals surface area contributed by atoms with Crippen LogP contribution < -0.4 is 5.32 Å². The molecule has 0 spiro atoms. The zero-order valence-corrected chi connectivity index (χ0v) is 15.3. The van der Waals surface area contributed by atoms with Crippen molar-refractivity contribution in [3.8, 4) is 0 Å². The quantitative estimate of drug-likeness (QED) is 0.715. The Morgan fingerprint density at radius 2 is 1.95 bits per heavy atom. The van der Waals surface area contributed by atoms with Gasteiger partial charge in [-0.2, -0.15) is 11.8 Å². The highest BCUT2D eigenvalue weighted by molar-refractivity contribution is 7.99. The van der Waals surface area contributed by atoms with Crippen molar-refractivity contribution in [1.29, 1.82) is 0 Å². The summed E-state index contributed by atoms with van der Waals surface area (Å²) in [5.74, 6) is 4.32. The summed E-state index contributed by atoms with van der Waals surface area (Å²) in [7, 11) is 0. The molecule has 0 aromatic carbocycles. The van der Waals surface area contributed by atoms with Crippen LogP contribution in [0, 0.1) is 11.8 Å². The lowest BCUT2D eigenvalue weighted by molar-refractivity contribution is 0.0904. The van der Waals surface area contributed by atoms with E-state index in [0.717, 1.165) is 23.9 Å². The molecule has 1 aliphatic carbocycles. The first kappa shape index (κ1) is 17.6. The van der Waals surface area contributed by atoms with Crippen molar-refractivity contribution in [2.75, 3.05) is 31.1 Å². The van der Waals surface area contributed by atoms with E-state index in [1.165, 1.54) is 69.7 Å². The number of nitrogens with one attached hydrogen (secondary N) is 1. The van der Waals surface area contributed by atoms with Gasteiger partial charge < -0.3 is 5.32 Å². The molecule has 0 aromatic heterocycles. The van der Waals surface area contributed by atoms with E-state index in [0.29, 0.717) is 0 Å². The Bertz CT molecular complexity index is 276. The third-order valence-electron chi connectivity index (χ3n) is 5.25. The molecule has 0 radical (unpaired) electrons. The summed E-state index contributed by atoms with van der Waals surface area (Å²) in [5, 5.41) is 3.92. The van der Waals surface area contributed by atoms with Crippen molar-refractivity contribution in [3.63, 3.8) is 0 Å². The number of hydrogen-bond donors (Lipinski definition) is 1. The first-order chi connectivity index (χ1) is 10.2. The monoisotopic (exact) mass is 312 g/mol. The highest BCUT2D eigenvalue weighted by atomic mass is 32.2. The van der Waals surface area contributed by atoms with Crippen LogP contribution >= 0.6 is 11.8 Å². The van der Waals surface area contributed by atoms with Crippen molar-refractivity contribution >= 4 is 11.8 Å². The third-order valence-corrected chi connectivity index (χ3v) is 6.13. The van der Waals surface area contributed by atoms with Gasteiger partial charge in [0.1, 0.15) is 0 Å². The minimum Gasteiger partial charge on any atom is -0.311 e. The maximum atomic E-state index is 3.92. The molecule has 124 valence electrons. The first-order valence-corrected chi connectivity index (χ1v) is 10.4. The van der Waals surface area contributed by atoms with Crippen LogP contribution in [0.25, 0.3) is 0 Å². The standard InChI is InChI=1S/C18H36N2S/c1-4-21-11-10-20-14-18(16-8-6-5-7-9-16)19-13-17(20)12-15(2)3/h15-19H,4-14H2,1-3H3. The summed E-state index contributed by atoms with van der Waals surface area (Å²) < 4.78 is 0. The van der Waals surface area contributed by atoms with Crippen LogP contribution in [0.5, 0.6) is 0 Å². The summed E-state index contributed by atoms with van der Waals surface area (Å²) in [5.41, 5.74) is 0. The summed E-state index contributed by atoms with van der Waals surface area (Å²) in [6.45, 7) is 10.8. The second-order valence-electron chi connectivity index (χ2n) is 7.39. The van der Waals surface area contributed by atoms with Gasteiger partial charge in [0, 0.05) is 37.5 Å². The summed E-state index contributed by atoms with van der Waals surface area (Å²) in [4.78, 5) is 2.82. The Labute approximate surface area is 136 Å². The molecule has 0 aromatic rings. The first-order valence-electron chi connectivity index (χ1n) is 9.25. The molecule has 2 aliphatic rings. The fraction of sp³-hybridized carbons (Fsp3) is 1.00. The highest BCUT2D eigenvalue weighted by Crippen LogP contribution is 2.29. The molecule has 2 nitrogen and oxygen atoms in total. The van der Waals surface area contributed by atoms with E-state index < -0.39 is 0 Å². The zero-order chi connectivity index (χ0) is 15.1. The Kier molecular flexibility index (Phi) is 7.90. The van der Waals surface area contributed by atoms with E-state index in [-0.39, 0.29) is 0 Å². The van der Waals surface area contributed by atoms with E-state index in [1.54, 1.807) is 0 Å². The number of rotatable bonds is 7. The van der Waals surface area contributed by atoms with Gasteiger partial charge in [-0.25, -0.2) is 0 Å². The maximum Gasteiger partial charge on any atom is 0.0224 e. The lowest BCUT2D eigenvalue weighted by Crippen LogP contribution is -2.59. The Hall–Kier alpha value is 0.270. The van der Waals surface area contributed by atoms with Gasteiger partial charge in [0.05, 0.1) is 0 Å². The fourth-order valence-corrected chi connectivity index (χ4v) is 4.76. The Morgan fingerprint density at radius 1 is 1.19 bits per heavy atom. The van der Waals surface area contributed by atoms with Crippen LogP contribution in [0.2, 0.25) is 0 Å². The molecule has 21 heavy (non-hydrogen) atoms. The van der Waals surface area contributed by atoms with Gasteiger partial charge in [-0.15, -0.1) is 0 Å². The minimum absolute atomic E-state index is 0.764. The molecule has 0 amide bonds. The second kappa shape index (κ2) is 9.42. The van der Waals surface area contributed by atoms with Gasteiger partial charge in [0.25, 0.3) is 0 Å². The Morgan fingerprint density at radius 3 is 2.62 bits per heavy atom. The lowest BCUT2D eigenvalue weighted by Gasteiger charge is -2.44. The maximum absolute atomic E-state index is 3.92. The van der Waals surface area contributed by atoms with Crippen LogP contribution in [0.1, 0.15) is 59.3 Å². The van der Waals surface area contributed by atoms with Crippen molar-refractivity contribution in [3.05, 3.63) is 0 Å². The topological polar surface area (TPSA) is 15.3 Å². The molecule has 2 unspecified atom stereocenters. The molecule has 1 N–H and O–H groups in total. The predicted octanol–water partition coefficient (Wildman–Crippen LogP) is 4.01. The average Bonchev–Trinajstić information content (AvgIpc) is 2.49. The van der Waals surface area contributed by atoms with Crippen molar-refractivity contribution in [2.45, 2.75) is 71.4 Å². The average molecular weight is 313 g/mol. The van der Waals surface area contributed by atoms with Crippen LogP contribution in [0.4, 0.5) is 0 Å². The van der Waals surface area contributed by atoms with Crippen LogP contribution in [0.3, 0.4) is 0 Å². The van der Waals surface area contributed by atoms with Crippen molar-refractivity contribution in [2.24, 2.45) is 11.8 Å². The Balaban J connectivity index is 1.87. The van der Waals surface area contributed by atoms with E-state index >= 15 is 0 Å². The van der Waals surface area contributed by atoms with Gasteiger partial charge in [-0.1, -0.05) is 40.0 Å². The molecule has 2 rings (SSSR count). The zero-order valence-electron chi connectivity index (χ0n) is 14.4. The van der Waals surface area contributed by atoms with Gasteiger partial charge in [0.15, 0.2) is 0 Å². The van der Waals surface area contributed by atoms with E-state index in [9.17, 15) is 0 Å². The lowest BCUT2D eigenvalue weighted by atomic mass is 9.82. The fourth-order valence-electron chi connectivity index (χ4n) is 4.11. The largest absolute Gasteiger partial charge is 0.311 e. The molecule has 2 fully saturated rings. The molecule has 1 saturated carbocycles. The summed E-state index contributed by atoms with van der Waals surface area (Å²) in [6, 6.07) is 1.53. The molecule has 3 heteroatoms. The smallest absolute Gasteiger partial charge is 0.0224 e. The summed E-state index contributed by atoms with van der Waals surface area (Å²) >= 11 is 2.10. The van der Waals surface area contributed by atoms with Gasteiger partial charge in [-0.3, -0.25) is 4.90 Å². The molecule has 1 heterocycles.